The Hall–Kier alpha value is -1.15. The van der Waals surface area contributed by atoms with Crippen LogP contribution in [-0.4, -0.2) is 30.2 Å². The van der Waals surface area contributed by atoms with Crippen molar-refractivity contribution in [2.24, 2.45) is 0 Å². The lowest BCUT2D eigenvalue weighted by molar-refractivity contribution is -0.128. The summed E-state index contributed by atoms with van der Waals surface area (Å²) in [5.41, 5.74) is 0. The molecule has 1 heterocycles. The van der Waals surface area contributed by atoms with Crippen LogP contribution in [0, 0.1) is 0 Å². The Morgan fingerprint density at radius 2 is 2.22 bits per heavy atom. The van der Waals surface area contributed by atoms with Crippen LogP contribution < -0.4 is 10.6 Å². The first-order chi connectivity index (χ1) is 8.40. The fraction of sp³-hybridized carbons (Fsp3) is 0.600. The van der Waals surface area contributed by atoms with Gasteiger partial charge in [0.25, 0.3) is 0 Å². The zero-order valence-electron chi connectivity index (χ0n) is 9.80. The fourth-order valence-corrected chi connectivity index (χ4v) is 1.95. The molecule has 0 aliphatic carbocycles. The molecule has 1 amide bonds. The Labute approximate surface area is 107 Å². The summed E-state index contributed by atoms with van der Waals surface area (Å²) in [6.07, 6.45) is -1.70. The number of hydrogen-bond donors (Lipinski definition) is 2. The van der Waals surface area contributed by atoms with E-state index in [1.807, 2.05) is 12.2 Å². The Morgan fingerprint density at radius 1 is 1.50 bits per heavy atom. The number of thiazole rings is 1. The number of carbonyl (C=O) groups is 1. The van der Waals surface area contributed by atoms with Gasteiger partial charge in [0.2, 0.25) is 5.91 Å². The van der Waals surface area contributed by atoms with Gasteiger partial charge in [-0.15, -0.1) is 11.3 Å². The molecule has 0 aromatic carbocycles. The number of rotatable bonds is 6. The molecular formula is C10H14F3N3OS. The van der Waals surface area contributed by atoms with Crippen LogP contribution in [0.25, 0.3) is 0 Å². The molecular weight excluding hydrogens is 267 g/mol. The predicted molar refractivity (Wildman–Crippen MR) is 62.3 cm³/mol. The molecule has 0 saturated heterocycles. The highest BCUT2D eigenvalue weighted by atomic mass is 32.1. The van der Waals surface area contributed by atoms with E-state index < -0.39 is 18.6 Å². The van der Waals surface area contributed by atoms with E-state index in [-0.39, 0.29) is 13.1 Å². The number of hydrogen-bond acceptors (Lipinski definition) is 4. The lowest BCUT2D eigenvalue weighted by Crippen LogP contribution is -2.37. The Balaban J connectivity index is 2.21. The van der Waals surface area contributed by atoms with E-state index in [1.54, 1.807) is 6.20 Å². The van der Waals surface area contributed by atoms with Crippen molar-refractivity contribution in [3.05, 3.63) is 16.1 Å². The van der Waals surface area contributed by atoms with Crippen LogP contribution in [0.2, 0.25) is 0 Å². The summed E-state index contributed by atoms with van der Waals surface area (Å²) < 4.78 is 35.4. The number of nitrogens with zero attached hydrogens (tertiary/aromatic N) is 1. The second-order valence-corrected chi connectivity index (χ2v) is 4.77. The van der Waals surface area contributed by atoms with E-state index in [0.29, 0.717) is 0 Å². The highest BCUT2D eigenvalue weighted by Crippen LogP contribution is 2.13. The van der Waals surface area contributed by atoms with Crippen molar-refractivity contribution in [1.29, 1.82) is 0 Å². The standard InChI is InChI=1S/C10H14F3N3OS/c1-2-7-3-16-9(18-7)5-15-8(17)4-14-6-10(11,12)13/h3,14H,2,4-6H2,1H3,(H,15,17). The van der Waals surface area contributed by atoms with Crippen molar-refractivity contribution in [3.63, 3.8) is 0 Å². The van der Waals surface area contributed by atoms with Gasteiger partial charge in [-0.1, -0.05) is 6.92 Å². The van der Waals surface area contributed by atoms with E-state index in [0.717, 1.165) is 16.3 Å². The van der Waals surface area contributed by atoms with E-state index >= 15 is 0 Å². The number of halogens is 3. The Morgan fingerprint density at radius 3 is 2.78 bits per heavy atom. The number of nitrogens with one attached hydrogen (secondary N) is 2. The number of alkyl halides is 3. The molecule has 0 radical (unpaired) electrons. The quantitative estimate of drug-likeness (QED) is 0.830. The van der Waals surface area contributed by atoms with Gasteiger partial charge < -0.3 is 10.6 Å². The molecule has 4 nitrogen and oxygen atoms in total. The van der Waals surface area contributed by atoms with E-state index in [4.69, 9.17) is 0 Å². The van der Waals surface area contributed by atoms with Gasteiger partial charge >= 0.3 is 6.18 Å². The van der Waals surface area contributed by atoms with Crippen molar-refractivity contribution in [3.8, 4) is 0 Å². The molecule has 1 aromatic rings. The average Bonchev–Trinajstić information content (AvgIpc) is 2.72. The third-order valence-electron chi connectivity index (χ3n) is 2.00. The normalized spacial score (nSPS) is 11.6. The maximum absolute atomic E-state index is 11.8. The van der Waals surface area contributed by atoms with Gasteiger partial charge in [0.1, 0.15) is 5.01 Å². The van der Waals surface area contributed by atoms with Gasteiger partial charge in [-0.25, -0.2) is 4.98 Å². The first kappa shape index (κ1) is 14.9. The molecule has 102 valence electrons. The topological polar surface area (TPSA) is 54.0 Å². The van der Waals surface area contributed by atoms with Gasteiger partial charge in [-0.2, -0.15) is 13.2 Å². The lowest BCUT2D eigenvalue weighted by Gasteiger charge is -2.07. The minimum Gasteiger partial charge on any atom is -0.348 e. The van der Waals surface area contributed by atoms with Crippen LogP contribution in [0.5, 0.6) is 0 Å². The van der Waals surface area contributed by atoms with E-state index in [9.17, 15) is 18.0 Å². The molecule has 18 heavy (non-hydrogen) atoms. The van der Waals surface area contributed by atoms with Gasteiger partial charge in [0.15, 0.2) is 0 Å². The summed E-state index contributed by atoms with van der Waals surface area (Å²) in [6.45, 7) is 0.720. The number of amides is 1. The molecule has 2 N–H and O–H groups in total. The molecule has 1 rings (SSSR count). The van der Waals surface area contributed by atoms with Gasteiger partial charge in [-0.05, 0) is 6.42 Å². The SMILES string of the molecule is CCc1cnc(CNC(=O)CNCC(F)(F)F)s1. The van der Waals surface area contributed by atoms with Crippen LogP contribution in [0.3, 0.4) is 0 Å². The van der Waals surface area contributed by atoms with Crippen molar-refractivity contribution in [2.75, 3.05) is 13.1 Å². The molecule has 0 bridgehead atoms. The predicted octanol–water partition coefficient (Wildman–Crippen LogP) is 1.47. The number of carbonyl (C=O) groups excluding carboxylic acids is 1. The highest BCUT2D eigenvalue weighted by molar-refractivity contribution is 7.11. The molecule has 0 aliphatic heterocycles. The summed E-state index contributed by atoms with van der Waals surface area (Å²) in [7, 11) is 0. The third-order valence-corrected chi connectivity index (χ3v) is 3.14. The van der Waals surface area contributed by atoms with Crippen molar-refractivity contribution in [2.45, 2.75) is 26.1 Å². The van der Waals surface area contributed by atoms with Crippen LogP contribution in [-0.2, 0) is 17.8 Å². The number of aryl methyl sites for hydroxylation is 1. The minimum atomic E-state index is -4.30. The first-order valence-electron chi connectivity index (χ1n) is 5.38. The van der Waals surface area contributed by atoms with Crippen LogP contribution >= 0.6 is 11.3 Å². The first-order valence-corrected chi connectivity index (χ1v) is 6.20. The van der Waals surface area contributed by atoms with Crippen LogP contribution in [0.15, 0.2) is 6.20 Å². The summed E-state index contributed by atoms with van der Waals surface area (Å²) in [6, 6.07) is 0. The van der Waals surface area contributed by atoms with Crippen LogP contribution in [0.1, 0.15) is 16.8 Å². The fourth-order valence-electron chi connectivity index (χ4n) is 1.15. The van der Waals surface area contributed by atoms with Gasteiger partial charge in [0.05, 0.1) is 19.6 Å². The Bertz CT molecular complexity index is 392. The minimum absolute atomic E-state index is 0.247. The highest BCUT2D eigenvalue weighted by Gasteiger charge is 2.26. The molecule has 8 heteroatoms. The molecule has 0 aliphatic rings. The maximum Gasteiger partial charge on any atom is 0.401 e. The van der Waals surface area contributed by atoms with Gasteiger partial charge in [0, 0.05) is 11.1 Å². The summed E-state index contributed by atoms with van der Waals surface area (Å²) in [5, 5.41) is 5.27. The summed E-state index contributed by atoms with van der Waals surface area (Å²) >= 11 is 1.48. The second-order valence-electron chi connectivity index (χ2n) is 3.57. The number of aromatic nitrogens is 1. The van der Waals surface area contributed by atoms with Crippen molar-refractivity contribution >= 4 is 17.2 Å². The average molecular weight is 281 g/mol. The van der Waals surface area contributed by atoms with E-state index in [1.165, 1.54) is 11.3 Å². The smallest absolute Gasteiger partial charge is 0.348 e. The monoisotopic (exact) mass is 281 g/mol. The second kappa shape index (κ2) is 6.69. The molecule has 0 atom stereocenters. The van der Waals surface area contributed by atoms with Crippen molar-refractivity contribution in [1.82, 2.24) is 15.6 Å². The largest absolute Gasteiger partial charge is 0.401 e. The maximum atomic E-state index is 11.8. The van der Waals surface area contributed by atoms with Crippen molar-refractivity contribution < 1.29 is 18.0 Å². The molecule has 0 unspecified atom stereocenters. The van der Waals surface area contributed by atoms with E-state index in [2.05, 4.69) is 10.3 Å². The molecule has 0 saturated carbocycles. The molecule has 0 fully saturated rings. The summed E-state index contributed by atoms with van der Waals surface area (Å²) in [5.74, 6) is -0.479. The molecule has 0 spiro atoms. The lowest BCUT2D eigenvalue weighted by atomic mass is 10.4. The Kier molecular flexibility index (Phi) is 5.54. The van der Waals surface area contributed by atoms with Gasteiger partial charge in [-0.3, -0.25) is 4.79 Å². The molecule has 1 aromatic heterocycles. The zero-order chi connectivity index (χ0) is 13.6. The van der Waals surface area contributed by atoms with Crippen LogP contribution in [0.4, 0.5) is 13.2 Å². The summed E-state index contributed by atoms with van der Waals surface area (Å²) in [4.78, 5) is 16.4. The zero-order valence-corrected chi connectivity index (χ0v) is 10.6. The third kappa shape index (κ3) is 5.97.